The van der Waals surface area contributed by atoms with Crippen molar-refractivity contribution in [2.45, 2.75) is 51.7 Å². The molecule has 0 aromatic heterocycles. The van der Waals surface area contributed by atoms with E-state index in [2.05, 4.69) is 6.07 Å². The van der Waals surface area contributed by atoms with Gasteiger partial charge in [0.2, 0.25) is 0 Å². The first-order valence-electron chi connectivity index (χ1n) is 7.97. The zero-order valence-electron chi connectivity index (χ0n) is 14.3. The highest BCUT2D eigenvalue weighted by molar-refractivity contribution is 7.80. The van der Waals surface area contributed by atoms with Crippen molar-refractivity contribution in [3.8, 4) is 0 Å². The zero-order chi connectivity index (χ0) is 17.0. The number of hydrogen-bond donors (Lipinski definition) is 0. The molecule has 1 aromatic carbocycles. The summed E-state index contributed by atoms with van der Waals surface area (Å²) in [7, 11) is 1.58. The van der Waals surface area contributed by atoms with Crippen LogP contribution in [-0.2, 0) is 15.9 Å². The van der Waals surface area contributed by atoms with Gasteiger partial charge in [-0.2, -0.15) is 0 Å². The number of thiocarbonyl (C=S) groups is 1. The van der Waals surface area contributed by atoms with Gasteiger partial charge in [0.05, 0.1) is 7.11 Å². The van der Waals surface area contributed by atoms with Crippen LogP contribution >= 0.6 is 12.2 Å². The van der Waals surface area contributed by atoms with E-state index in [1.165, 1.54) is 0 Å². The lowest BCUT2D eigenvalue weighted by atomic mass is 10.0. The molecule has 0 saturated carbocycles. The quantitative estimate of drug-likeness (QED) is 0.784. The second-order valence-electron chi connectivity index (χ2n) is 6.87. The highest BCUT2D eigenvalue weighted by Gasteiger charge is 2.32. The van der Waals surface area contributed by atoms with Crippen LogP contribution in [0.1, 0.15) is 44.7 Å². The van der Waals surface area contributed by atoms with Gasteiger partial charge in [0.15, 0.2) is 5.05 Å². The Bertz CT molecular complexity index is 580. The highest BCUT2D eigenvalue weighted by Crippen LogP contribution is 2.24. The fourth-order valence-electron chi connectivity index (χ4n) is 2.82. The standard InChI is InChI=1S/C18H25NO3S/c1-18(2,3)22-17(20)19-10-6-9-15(19)12-13-7-5-8-14(11-13)16(23)21-4/h5,7-8,11,15H,6,9-10,12H2,1-4H3. The summed E-state index contributed by atoms with van der Waals surface area (Å²) in [4.78, 5) is 14.2. The number of methoxy groups -OCH3 is 1. The number of benzene rings is 1. The number of rotatable bonds is 3. The molecule has 0 spiro atoms. The molecule has 1 aromatic rings. The molecule has 2 rings (SSSR count). The topological polar surface area (TPSA) is 38.8 Å². The average molecular weight is 335 g/mol. The van der Waals surface area contributed by atoms with Crippen molar-refractivity contribution in [2.75, 3.05) is 13.7 Å². The molecule has 5 heteroatoms. The molecule has 0 bridgehead atoms. The lowest BCUT2D eigenvalue weighted by molar-refractivity contribution is 0.0227. The van der Waals surface area contributed by atoms with Crippen molar-refractivity contribution in [1.82, 2.24) is 4.90 Å². The Morgan fingerprint density at radius 3 is 2.78 bits per heavy atom. The zero-order valence-corrected chi connectivity index (χ0v) is 15.1. The summed E-state index contributed by atoms with van der Waals surface area (Å²) < 4.78 is 10.6. The van der Waals surface area contributed by atoms with Crippen LogP contribution in [0, 0.1) is 0 Å². The van der Waals surface area contributed by atoms with Gasteiger partial charge in [0.1, 0.15) is 5.60 Å². The van der Waals surface area contributed by atoms with Crippen LogP contribution in [0.25, 0.3) is 0 Å². The third kappa shape index (κ3) is 4.93. The molecular formula is C18H25NO3S. The molecule has 4 nitrogen and oxygen atoms in total. The summed E-state index contributed by atoms with van der Waals surface area (Å²) >= 11 is 5.18. The van der Waals surface area contributed by atoms with Crippen molar-refractivity contribution in [2.24, 2.45) is 0 Å². The van der Waals surface area contributed by atoms with Crippen LogP contribution in [0.2, 0.25) is 0 Å². The van der Waals surface area contributed by atoms with E-state index in [4.69, 9.17) is 21.7 Å². The molecule has 1 amide bonds. The van der Waals surface area contributed by atoms with Gasteiger partial charge in [0.25, 0.3) is 0 Å². The summed E-state index contributed by atoms with van der Waals surface area (Å²) in [6, 6.07) is 8.19. The van der Waals surface area contributed by atoms with Crippen molar-refractivity contribution in [3.63, 3.8) is 0 Å². The van der Waals surface area contributed by atoms with Crippen LogP contribution in [0.15, 0.2) is 24.3 Å². The molecule has 0 radical (unpaired) electrons. The Kier molecular flexibility index (Phi) is 5.63. The molecule has 1 heterocycles. The van der Waals surface area contributed by atoms with Crippen LogP contribution < -0.4 is 0 Å². The van der Waals surface area contributed by atoms with Gasteiger partial charge in [-0.15, -0.1) is 0 Å². The lowest BCUT2D eigenvalue weighted by Crippen LogP contribution is -2.40. The fraction of sp³-hybridized carbons (Fsp3) is 0.556. The molecule has 0 N–H and O–H groups in total. The molecular weight excluding hydrogens is 310 g/mol. The van der Waals surface area contributed by atoms with E-state index in [-0.39, 0.29) is 12.1 Å². The number of carbonyl (C=O) groups is 1. The number of amides is 1. The molecule has 23 heavy (non-hydrogen) atoms. The van der Waals surface area contributed by atoms with E-state index in [0.717, 1.165) is 36.9 Å². The summed E-state index contributed by atoms with van der Waals surface area (Å²) in [6.45, 7) is 6.44. The van der Waals surface area contributed by atoms with E-state index in [0.29, 0.717) is 5.05 Å². The lowest BCUT2D eigenvalue weighted by Gasteiger charge is -2.28. The fourth-order valence-corrected chi connectivity index (χ4v) is 2.95. The molecule has 0 aliphatic carbocycles. The van der Waals surface area contributed by atoms with Crippen molar-refractivity contribution in [1.29, 1.82) is 0 Å². The molecule has 1 aliphatic rings. The predicted molar refractivity (Wildman–Crippen MR) is 94.8 cm³/mol. The number of nitrogens with zero attached hydrogens (tertiary/aromatic N) is 1. The van der Waals surface area contributed by atoms with E-state index in [1.54, 1.807) is 7.11 Å². The van der Waals surface area contributed by atoms with Gasteiger partial charge >= 0.3 is 6.09 Å². The van der Waals surface area contributed by atoms with Gasteiger partial charge in [-0.25, -0.2) is 4.79 Å². The van der Waals surface area contributed by atoms with Crippen LogP contribution in [0.3, 0.4) is 0 Å². The number of ether oxygens (including phenoxy) is 2. The third-order valence-electron chi connectivity index (χ3n) is 3.82. The Morgan fingerprint density at radius 2 is 2.13 bits per heavy atom. The first kappa shape index (κ1) is 17.7. The van der Waals surface area contributed by atoms with Crippen LogP contribution in [0.5, 0.6) is 0 Å². The Labute approximate surface area is 143 Å². The maximum Gasteiger partial charge on any atom is 0.410 e. The summed E-state index contributed by atoms with van der Waals surface area (Å²) in [5, 5.41) is 0.488. The smallest absolute Gasteiger partial charge is 0.410 e. The van der Waals surface area contributed by atoms with E-state index < -0.39 is 5.60 Å². The Morgan fingerprint density at radius 1 is 1.39 bits per heavy atom. The predicted octanol–water partition coefficient (Wildman–Crippen LogP) is 3.95. The SMILES string of the molecule is COC(=S)c1cccc(CC2CCCN2C(=O)OC(C)(C)C)c1. The summed E-state index contributed by atoms with van der Waals surface area (Å²) in [6.07, 6.45) is 2.60. The largest absolute Gasteiger partial charge is 0.486 e. The van der Waals surface area contributed by atoms with Gasteiger partial charge < -0.3 is 14.4 Å². The van der Waals surface area contributed by atoms with Crippen molar-refractivity contribution < 1.29 is 14.3 Å². The van der Waals surface area contributed by atoms with E-state index >= 15 is 0 Å². The number of hydrogen-bond acceptors (Lipinski definition) is 4. The first-order chi connectivity index (χ1) is 10.8. The van der Waals surface area contributed by atoms with Crippen LogP contribution in [-0.4, -0.2) is 41.3 Å². The van der Waals surface area contributed by atoms with E-state index in [9.17, 15) is 4.79 Å². The monoisotopic (exact) mass is 335 g/mol. The second kappa shape index (κ2) is 7.30. The van der Waals surface area contributed by atoms with Crippen molar-refractivity contribution in [3.05, 3.63) is 35.4 Å². The summed E-state index contributed by atoms with van der Waals surface area (Å²) in [5.41, 5.74) is 1.60. The maximum absolute atomic E-state index is 12.3. The summed E-state index contributed by atoms with van der Waals surface area (Å²) in [5.74, 6) is 0. The van der Waals surface area contributed by atoms with Gasteiger partial charge in [-0.1, -0.05) is 18.2 Å². The second-order valence-corrected chi connectivity index (χ2v) is 7.24. The minimum atomic E-state index is -0.463. The Balaban J connectivity index is 2.07. The minimum absolute atomic E-state index is 0.177. The Hall–Kier alpha value is -1.62. The molecule has 126 valence electrons. The molecule has 1 saturated heterocycles. The van der Waals surface area contributed by atoms with Gasteiger partial charge in [-0.05, 0) is 63.9 Å². The highest BCUT2D eigenvalue weighted by atomic mass is 32.1. The molecule has 1 fully saturated rings. The first-order valence-corrected chi connectivity index (χ1v) is 8.38. The third-order valence-corrected chi connectivity index (χ3v) is 4.23. The maximum atomic E-state index is 12.3. The van der Waals surface area contributed by atoms with Gasteiger partial charge in [0, 0.05) is 18.2 Å². The number of carbonyl (C=O) groups excluding carboxylic acids is 1. The normalized spacial score (nSPS) is 17.9. The number of likely N-dealkylation sites (tertiary alicyclic amines) is 1. The minimum Gasteiger partial charge on any atom is -0.486 e. The molecule has 1 atom stereocenters. The van der Waals surface area contributed by atoms with E-state index in [1.807, 2.05) is 43.9 Å². The molecule has 1 aliphatic heterocycles. The average Bonchev–Trinajstić information content (AvgIpc) is 2.93. The van der Waals surface area contributed by atoms with Crippen molar-refractivity contribution >= 4 is 23.4 Å². The molecule has 1 unspecified atom stereocenters. The van der Waals surface area contributed by atoms with Gasteiger partial charge in [-0.3, -0.25) is 0 Å². The van der Waals surface area contributed by atoms with Crippen LogP contribution in [0.4, 0.5) is 4.79 Å².